The molecule has 0 fully saturated rings. The number of hydrogen-bond donors (Lipinski definition) is 0. The van der Waals surface area contributed by atoms with Gasteiger partial charge in [-0.15, -0.1) is 0 Å². The summed E-state index contributed by atoms with van der Waals surface area (Å²) < 4.78 is 20.2. The number of hydrogen-bond acceptors (Lipinski definition) is 3. The molecule has 1 aromatic heterocycles. The van der Waals surface area contributed by atoms with Crippen LogP contribution in [0.3, 0.4) is 0 Å². The average molecular weight is 505 g/mol. The summed E-state index contributed by atoms with van der Waals surface area (Å²) in [6.07, 6.45) is 0. The Morgan fingerprint density at radius 3 is 1.47 bits per heavy atom. The zero-order valence-corrected chi connectivity index (χ0v) is 24.7. The Kier molecular flexibility index (Phi) is 7.35. The number of rotatable bonds is 5. The third-order valence-corrected chi connectivity index (χ3v) is 8.45. The van der Waals surface area contributed by atoms with E-state index in [0.717, 1.165) is 38.8 Å². The van der Waals surface area contributed by atoms with E-state index in [0.29, 0.717) is 17.8 Å². The predicted octanol–water partition coefficient (Wildman–Crippen LogP) is 11.0. The van der Waals surface area contributed by atoms with Crippen molar-refractivity contribution in [2.45, 2.75) is 93.9 Å². The number of benzene rings is 3. The number of aryl methyl sites for hydroxylation is 5. The lowest BCUT2D eigenvalue weighted by molar-refractivity contribution is 0.489. The second-order valence-corrected chi connectivity index (χ2v) is 12.2. The van der Waals surface area contributed by atoms with Gasteiger partial charge in [-0.1, -0.05) is 65.8 Å². The fourth-order valence-corrected chi connectivity index (χ4v) is 6.10. The van der Waals surface area contributed by atoms with E-state index >= 15 is 0 Å². The molecule has 0 unspecified atom stereocenters. The first-order chi connectivity index (χ1) is 16.9. The van der Waals surface area contributed by atoms with Gasteiger partial charge >= 0.3 is 8.24 Å². The summed E-state index contributed by atoms with van der Waals surface area (Å²) in [6, 6.07) is 11.0. The minimum Gasteiger partial charge on any atom is -0.390 e. The largest absolute Gasteiger partial charge is 0.453 e. The quantitative estimate of drug-likeness (QED) is 0.271. The molecule has 192 valence electrons. The van der Waals surface area contributed by atoms with Gasteiger partial charge in [-0.05, 0) is 103 Å². The Bertz CT molecular complexity index is 1410. The molecule has 0 saturated heterocycles. The lowest BCUT2D eigenvalue weighted by Gasteiger charge is -2.15. The molecule has 0 saturated carbocycles. The zero-order chi connectivity index (χ0) is 26.5. The normalized spacial score (nSPS) is 11.9. The highest BCUT2D eigenvalue weighted by atomic mass is 31.1. The molecule has 0 radical (unpaired) electrons. The number of fused-ring (bicyclic) bond motifs is 3. The first-order valence-corrected chi connectivity index (χ1v) is 14.2. The molecule has 4 heteroatoms. The van der Waals surface area contributed by atoms with Crippen LogP contribution in [-0.2, 0) is 0 Å². The molecule has 0 aliphatic rings. The maximum absolute atomic E-state index is 6.80. The van der Waals surface area contributed by atoms with Crippen molar-refractivity contribution in [2.24, 2.45) is 0 Å². The molecule has 3 nitrogen and oxygen atoms in total. The smallest absolute Gasteiger partial charge is 0.390 e. The monoisotopic (exact) mass is 504 g/mol. The van der Waals surface area contributed by atoms with Gasteiger partial charge < -0.3 is 12.9 Å². The molecule has 4 aromatic rings. The summed E-state index contributed by atoms with van der Waals surface area (Å²) in [4.78, 5) is 0. The summed E-state index contributed by atoms with van der Waals surface area (Å²) in [5.74, 6) is 1.77. The van der Waals surface area contributed by atoms with Crippen molar-refractivity contribution in [1.29, 1.82) is 0 Å². The Morgan fingerprint density at radius 1 is 0.611 bits per heavy atom. The van der Waals surface area contributed by atoms with E-state index in [2.05, 4.69) is 106 Å². The molecule has 0 aliphatic carbocycles. The van der Waals surface area contributed by atoms with E-state index in [-0.39, 0.29) is 0 Å². The molecule has 3 aromatic carbocycles. The van der Waals surface area contributed by atoms with Gasteiger partial charge in [-0.3, -0.25) is 0 Å². The molecular weight excluding hydrogens is 463 g/mol. The van der Waals surface area contributed by atoms with E-state index in [1.54, 1.807) is 0 Å². The van der Waals surface area contributed by atoms with Crippen molar-refractivity contribution >= 4 is 30.2 Å². The molecule has 0 aliphatic heterocycles. The third kappa shape index (κ3) is 4.71. The summed E-state index contributed by atoms with van der Waals surface area (Å²) >= 11 is 0. The molecule has 0 N–H and O–H groups in total. The molecule has 36 heavy (non-hydrogen) atoms. The minimum atomic E-state index is -1.73. The van der Waals surface area contributed by atoms with Crippen molar-refractivity contribution in [3.63, 3.8) is 0 Å². The van der Waals surface area contributed by atoms with Crippen LogP contribution in [-0.4, -0.2) is 0 Å². The fourth-order valence-electron chi connectivity index (χ4n) is 4.98. The molecule has 0 atom stereocenters. The van der Waals surface area contributed by atoms with Crippen LogP contribution in [0.2, 0.25) is 0 Å². The van der Waals surface area contributed by atoms with Crippen molar-refractivity contribution in [2.75, 3.05) is 0 Å². The van der Waals surface area contributed by atoms with Crippen LogP contribution in [0.15, 0.2) is 38.7 Å². The minimum absolute atomic E-state index is 0.302. The second kappa shape index (κ2) is 10.0. The SMILES string of the molecule is Cc1ccc(C(C)C)c(Op2oc3c(C(C)C)cc(C)c(C)c3c3c(C)c(C)cc(C(C)C)c3o2)c1. The second-order valence-electron chi connectivity index (χ2n) is 11.2. The molecule has 1 heterocycles. The highest BCUT2D eigenvalue weighted by molar-refractivity contribution is 7.32. The summed E-state index contributed by atoms with van der Waals surface area (Å²) in [5, 5.41) is 2.30. The van der Waals surface area contributed by atoms with Gasteiger partial charge in [0.1, 0.15) is 16.9 Å². The summed E-state index contributed by atoms with van der Waals surface area (Å²) in [7, 11) is -1.73. The molecule has 0 spiro atoms. The van der Waals surface area contributed by atoms with Crippen LogP contribution in [0.1, 0.15) is 104 Å². The topological polar surface area (TPSA) is 35.5 Å². The van der Waals surface area contributed by atoms with E-state index in [4.69, 9.17) is 12.9 Å². The highest BCUT2D eigenvalue weighted by Crippen LogP contribution is 2.45. The van der Waals surface area contributed by atoms with Crippen molar-refractivity contribution in [3.8, 4) is 5.75 Å². The van der Waals surface area contributed by atoms with Gasteiger partial charge in [0.2, 0.25) is 0 Å². The summed E-state index contributed by atoms with van der Waals surface area (Å²) in [6.45, 7) is 24.2. The Labute approximate surface area is 217 Å². The van der Waals surface area contributed by atoms with Crippen molar-refractivity contribution in [3.05, 3.63) is 74.8 Å². The van der Waals surface area contributed by atoms with Crippen LogP contribution in [0.4, 0.5) is 0 Å². The third-order valence-electron chi connectivity index (χ3n) is 7.45. The van der Waals surface area contributed by atoms with Gasteiger partial charge in [0.15, 0.2) is 0 Å². The zero-order valence-electron chi connectivity index (χ0n) is 23.8. The molecule has 0 bridgehead atoms. The predicted molar refractivity (Wildman–Crippen MR) is 155 cm³/mol. The lowest BCUT2D eigenvalue weighted by atomic mass is 9.89. The first kappa shape index (κ1) is 26.4. The average Bonchev–Trinajstić information content (AvgIpc) is 2.95. The van der Waals surface area contributed by atoms with E-state index < -0.39 is 8.24 Å². The van der Waals surface area contributed by atoms with Crippen LogP contribution in [0, 0.1) is 34.6 Å². The standard InChI is InChI=1S/C32H41O3P/c1-17(2)25-13-12-20(7)14-28(25)33-36-34-31-26(18(3)4)15-21(8)23(10)29(31)30-24(11)22(9)16-27(19(5)6)32(30)35-36/h12-19H,1-11H3. The van der Waals surface area contributed by atoms with Gasteiger partial charge in [0, 0.05) is 10.8 Å². The van der Waals surface area contributed by atoms with Gasteiger partial charge in [0.25, 0.3) is 0 Å². The van der Waals surface area contributed by atoms with Crippen molar-refractivity contribution < 1.29 is 12.9 Å². The van der Waals surface area contributed by atoms with Crippen LogP contribution in [0.25, 0.3) is 21.9 Å². The molecular formula is C32H41O3P. The Balaban J connectivity index is 2.23. The Hall–Kier alpha value is -2.64. The molecule has 4 rings (SSSR count). The maximum atomic E-state index is 6.80. The van der Waals surface area contributed by atoms with E-state index in [1.165, 1.54) is 33.4 Å². The van der Waals surface area contributed by atoms with E-state index in [9.17, 15) is 0 Å². The van der Waals surface area contributed by atoms with Gasteiger partial charge in [-0.25, -0.2) is 0 Å². The molecule has 0 amide bonds. The van der Waals surface area contributed by atoms with Crippen LogP contribution < -0.4 is 4.52 Å². The van der Waals surface area contributed by atoms with Crippen molar-refractivity contribution in [1.82, 2.24) is 0 Å². The van der Waals surface area contributed by atoms with Crippen LogP contribution in [0.5, 0.6) is 5.75 Å². The highest BCUT2D eigenvalue weighted by Gasteiger charge is 2.22. The van der Waals surface area contributed by atoms with E-state index in [1.807, 2.05) is 0 Å². The maximum Gasteiger partial charge on any atom is 0.453 e. The Morgan fingerprint density at radius 2 is 1.06 bits per heavy atom. The summed E-state index contributed by atoms with van der Waals surface area (Å²) in [5.41, 5.74) is 11.5. The van der Waals surface area contributed by atoms with Gasteiger partial charge in [0.05, 0.1) is 0 Å². The first-order valence-electron chi connectivity index (χ1n) is 13.1. The lowest BCUT2D eigenvalue weighted by Crippen LogP contribution is -1.97. The van der Waals surface area contributed by atoms with Crippen LogP contribution >= 0.6 is 8.24 Å². The van der Waals surface area contributed by atoms with Gasteiger partial charge in [-0.2, -0.15) is 0 Å². The fraction of sp³-hybridized carbons (Fsp3) is 0.438.